The second-order valence-electron chi connectivity index (χ2n) is 7.42. The summed E-state index contributed by atoms with van der Waals surface area (Å²) in [7, 11) is 0. The predicted molar refractivity (Wildman–Crippen MR) is 83.7 cm³/mol. The molecule has 1 fully saturated rings. The topological polar surface area (TPSA) is 12.0 Å². The van der Waals surface area contributed by atoms with Gasteiger partial charge >= 0.3 is 0 Å². The van der Waals surface area contributed by atoms with Gasteiger partial charge in [0.1, 0.15) is 0 Å². The van der Waals surface area contributed by atoms with Gasteiger partial charge in [-0.15, -0.1) is 0 Å². The highest BCUT2D eigenvalue weighted by molar-refractivity contribution is 5.28. The average molecular weight is 259 g/mol. The molecular weight excluding hydrogens is 230 g/mol. The Morgan fingerprint density at radius 2 is 1.74 bits per heavy atom. The summed E-state index contributed by atoms with van der Waals surface area (Å²) in [5.41, 5.74) is 3.43. The molecule has 19 heavy (non-hydrogen) atoms. The molecule has 0 amide bonds. The van der Waals surface area contributed by atoms with Gasteiger partial charge in [-0.1, -0.05) is 57.9 Å². The third kappa shape index (κ3) is 4.07. The molecule has 1 aliphatic rings. The summed E-state index contributed by atoms with van der Waals surface area (Å²) < 4.78 is 0. The van der Waals surface area contributed by atoms with Gasteiger partial charge in [0.15, 0.2) is 0 Å². The van der Waals surface area contributed by atoms with Crippen LogP contribution in [0.5, 0.6) is 0 Å². The van der Waals surface area contributed by atoms with Gasteiger partial charge < -0.3 is 5.32 Å². The molecule has 1 aromatic rings. The minimum absolute atomic E-state index is 0.253. The lowest BCUT2D eigenvalue weighted by molar-refractivity contribution is 0.345. The normalized spacial score (nSPS) is 25.1. The largest absolute Gasteiger partial charge is 0.311 e. The first-order valence-corrected chi connectivity index (χ1v) is 7.74. The number of hydrogen-bond donors (Lipinski definition) is 1. The second-order valence-corrected chi connectivity index (χ2v) is 7.42. The van der Waals surface area contributed by atoms with Gasteiger partial charge in [-0.3, -0.25) is 0 Å². The Bertz CT molecular complexity index is 389. The Hall–Kier alpha value is -0.820. The summed E-state index contributed by atoms with van der Waals surface area (Å²) in [6, 6.07) is 9.24. The van der Waals surface area contributed by atoms with Crippen molar-refractivity contribution in [3.8, 4) is 0 Å². The van der Waals surface area contributed by atoms with Crippen molar-refractivity contribution in [2.45, 2.75) is 70.8 Å². The molecule has 1 unspecified atom stereocenters. The highest BCUT2D eigenvalue weighted by Gasteiger charge is 2.25. The van der Waals surface area contributed by atoms with Crippen LogP contribution < -0.4 is 5.32 Å². The number of benzene rings is 1. The molecule has 0 aliphatic carbocycles. The highest BCUT2D eigenvalue weighted by Crippen LogP contribution is 2.26. The molecule has 0 radical (unpaired) electrons. The van der Waals surface area contributed by atoms with Gasteiger partial charge in [0.25, 0.3) is 0 Å². The van der Waals surface area contributed by atoms with Crippen LogP contribution in [-0.4, -0.2) is 12.1 Å². The first-order chi connectivity index (χ1) is 8.89. The van der Waals surface area contributed by atoms with E-state index in [4.69, 9.17) is 0 Å². The summed E-state index contributed by atoms with van der Waals surface area (Å²) in [4.78, 5) is 0. The fourth-order valence-corrected chi connectivity index (χ4v) is 3.02. The van der Waals surface area contributed by atoms with Crippen LogP contribution in [-0.2, 0) is 11.8 Å². The molecular formula is C18H29N. The van der Waals surface area contributed by atoms with Crippen molar-refractivity contribution < 1.29 is 0 Å². The minimum atomic E-state index is 0.253. The molecule has 1 aromatic carbocycles. The van der Waals surface area contributed by atoms with E-state index in [0.717, 1.165) is 6.42 Å². The van der Waals surface area contributed by atoms with E-state index in [9.17, 15) is 0 Å². The van der Waals surface area contributed by atoms with E-state index in [-0.39, 0.29) is 5.41 Å². The van der Waals surface area contributed by atoms with Crippen LogP contribution in [0.4, 0.5) is 0 Å². The van der Waals surface area contributed by atoms with Crippen LogP contribution in [0, 0.1) is 0 Å². The number of rotatable bonds is 2. The van der Waals surface area contributed by atoms with Crippen LogP contribution in [0.1, 0.15) is 64.5 Å². The summed E-state index contributed by atoms with van der Waals surface area (Å²) in [6.07, 6.45) is 6.53. The van der Waals surface area contributed by atoms with Crippen molar-refractivity contribution in [2.75, 3.05) is 6.54 Å². The molecule has 1 aliphatic heterocycles. The van der Waals surface area contributed by atoms with Gasteiger partial charge in [0.05, 0.1) is 0 Å². The molecule has 1 heterocycles. The van der Waals surface area contributed by atoms with Crippen molar-refractivity contribution in [2.24, 2.45) is 0 Å². The lowest BCUT2D eigenvalue weighted by atomic mass is 9.84. The second kappa shape index (κ2) is 5.66. The Morgan fingerprint density at radius 3 is 2.37 bits per heavy atom. The zero-order valence-corrected chi connectivity index (χ0v) is 13.1. The third-order valence-corrected chi connectivity index (χ3v) is 4.37. The Kier molecular flexibility index (Phi) is 4.35. The van der Waals surface area contributed by atoms with Crippen molar-refractivity contribution in [1.82, 2.24) is 5.32 Å². The van der Waals surface area contributed by atoms with Crippen LogP contribution in [0.15, 0.2) is 24.3 Å². The predicted octanol–water partition coefficient (Wildman–Crippen LogP) is 4.45. The molecule has 0 saturated carbocycles. The van der Waals surface area contributed by atoms with Crippen molar-refractivity contribution in [3.05, 3.63) is 35.4 Å². The van der Waals surface area contributed by atoms with Crippen LogP contribution in [0.2, 0.25) is 0 Å². The van der Waals surface area contributed by atoms with Crippen LogP contribution in [0.25, 0.3) is 0 Å². The van der Waals surface area contributed by atoms with Crippen molar-refractivity contribution >= 4 is 0 Å². The highest BCUT2D eigenvalue weighted by atomic mass is 15.0. The molecule has 1 saturated heterocycles. The number of hydrogen-bond acceptors (Lipinski definition) is 1. The monoisotopic (exact) mass is 259 g/mol. The quantitative estimate of drug-likeness (QED) is 0.827. The molecule has 0 bridgehead atoms. The first kappa shape index (κ1) is 14.6. The molecule has 1 N–H and O–H groups in total. The van der Waals surface area contributed by atoms with Crippen LogP contribution in [0.3, 0.4) is 0 Å². The van der Waals surface area contributed by atoms with E-state index in [0.29, 0.717) is 5.54 Å². The molecule has 0 spiro atoms. The third-order valence-electron chi connectivity index (χ3n) is 4.37. The van der Waals surface area contributed by atoms with Gasteiger partial charge in [-0.05, 0) is 49.3 Å². The Labute approximate surface area is 118 Å². The Balaban J connectivity index is 2.06. The van der Waals surface area contributed by atoms with Crippen LogP contribution >= 0.6 is 0 Å². The fraction of sp³-hybridized carbons (Fsp3) is 0.667. The van der Waals surface area contributed by atoms with E-state index in [2.05, 4.69) is 57.3 Å². The lowest BCUT2D eigenvalue weighted by Gasteiger charge is -2.30. The van der Waals surface area contributed by atoms with E-state index in [1.54, 1.807) is 0 Å². The average Bonchev–Trinajstić information content (AvgIpc) is 2.53. The van der Waals surface area contributed by atoms with Gasteiger partial charge in [-0.2, -0.15) is 0 Å². The van der Waals surface area contributed by atoms with Gasteiger partial charge in [-0.25, -0.2) is 0 Å². The lowest BCUT2D eigenvalue weighted by Crippen LogP contribution is -2.43. The molecule has 1 heteroatoms. The standard InChI is InChI=1S/C18H29N/c1-17(2,3)16-10-8-15(9-11-16)14-18(4)12-6-5-7-13-19-18/h8-11,19H,5-7,12-14H2,1-4H3. The van der Waals surface area contributed by atoms with Gasteiger partial charge in [0.2, 0.25) is 0 Å². The molecule has 106 valence electrons. The summed E-state index contributed by atoms with van der Waals surface area (Å²) in [5, 5.41) is 3.75. The van der Waals surface area contributed by atoms with E-state index >= 15 is 0 Å². The molecule has 1 atom stereocenters. The zero-order valence-electron chi connectivity index (χ0n) is 13.1. The SMILES string of the molecule is CC1(Cc2ccc(C(C)(C)C)cc2)CCCCCN1. The van der Waals surface area contributed by atoms with E-state index in [1.165, 1.54) is 43.4 Å². The summed E-state index contributed by atoms with van der Waals surface area (Å²) in [5.74, 6) is 0. The molecule has 0 aromatic heterocycles. The molecule has 2 rings (SSSR count). The maximum atomic E-state index is 3.75. The van der Waals surface area contributed by atoms with E-state index < -0.39 is 0 Å². The Morgan fingerprint density at radius 1 is 1.05 bits per heavy atom. The van der Waals surface area contributed by atoms with Crippen molar-refractivity contribution in [3.63, 3.8) is 0 Å². The van der Waals surface area contributed by atoms with Gasteiger partial charge in [0, 0.05) is 5.54 Å². The first-order valence-electron chi connectivity index (χ1n) is 7.74. The smallest absolute Gasteiger partial charge is 0.0193 e. The van der Waals surface area contributed by atoms with E-state index in [1.807, 2.05) is 0 Å². The maximum Gasteiger partial charge on any atom is 0.0193 e. The zero-order chi connectivity index (χ0) is 13.9. The number of nitrogens with one attached hydrogen (secondary N) is 1. The molecule has 1 nitrogen and oxygen atoms in total. The fourth-order valence-electron chi connectivity index (χ4n) is 3.02. The summed E-state index contributed by atoms with van der Waals surface area (Å²) >= 11 is 0. The minimum Gasteiger partial charge on any atom is -0.311 e. The van der Waals surface area contributed by atoms with Crippen molar-refractivity contribution in [1.29, 1.82) is 0 Å². The summed E-state index contributed by atoms with van der Waals surface area (Å²) in [6.45, 7) is 10.4. The maximum absolute atomic E-state index is 3.75.